The van der Waals surface area contributed by atoms with Gasteiger partial charge in [0.15, 0.2) is 0 Å². The number of piperazine rings is 1. The first kappa shape index (κ1) is 21.0. The van der Waals surface area contributed by atoms with Crippen LogP contribution in [-0.2, 0) is 4.74 Å². The van der Waals surface area contributed by atoms with Gasteiger partial charge in [-0.25, -0.2) is 4.98 Å². The van der Waals surface area contributed by atoms with Crippen molar-refractivity contribution in [2.24, 2.45) is 0 Å². The smallest absolute Gasteiger partial charge is 0.255 e. The molecule has 156 valence electrons. The minimum absolute atomic E-state index is 0.0535. The summed E-state index contributed by atoms with van der Waals surface area (Å²) in [5.41, 5.74) is 1.56. The number of carbonyl (C=O) groups excluding carboxylic acids is 1. The number of carbonyl (C=O) groups is 1. The van der Waals surface area contributed by atoms with Crippen LogP contribution >= 0.6 is 0 Å². The molecule has 28 heavy (non-hydrogen) atoms. The summed E-state index contributed by atoms with van der Waals surface area (Å²) in [6.45, 7) is 11.4. The summed E-state index contributed by atoms with van der Waals surface area (Å²) in [6.07, 6.45) is 0.931. The molecule has 0 aromatic carbocycles. The van der Waals surface area contributed by atoms with Gasteiger partial charge in [-0.15, -0.1) is 0 Å². The Bertz CT molecular complexity index is 628. The van der Waals surface area contributed by atoms with Crippen molar-refractivity contribution in [3.63, 3.8) is 0 Å². The number of aliphatic hydroxyl groups is 1. The average Bonchev–Trinajstić information content (AvgIpc) is 2.72. The molecule has 2 aliphatic heterocycles. The van der Waals surface area contributed by atoms with Crippen LogP contribution in [0.15, 0.2) is 12.1 Å². The molecule has 2 saturated heterocycles. The van der Waals surface area contributed by atoms with E-state index in [1.165, 1.54) is 0 Å². The molecular formula is C20H33N5O3. The molecule has 0 saturated carbocycles. The average molecular weight is 392 g/mol. The number of nitrogens with zero attached hydrogens (tertiary/aromatic N) is 4. The molecule has 0 atom stereocenters. The molecule has 1 amide bonds. The van der Waals surface area contributed by atoms with Crippen LogP contribution in [0.2, 0.25) is 0 Å². The van der Waals surface area contributed by atoms with Crippen molar-refractivity contribution < 1.29 is 14.6 Å². The van der Waals surface area contributed by atoms with Gasteiger partial charge in [0.05, 0.1) is 25.4 Å². The summed E-state index contributed by atoms with van der Waals surface area (Å²) in [7, 11) is 0. The van der Waals surface area contributed by atoms with E-state index in [0.717, 1.165) is 77.0 Å². The van der Waals surface area contributed by atoms with Crippen molar-refractivity contribution in [3.8, 4) is 0 Å². The highest BCUT2D eigenvalue weighted by atomic mass is 16.5. The lowest BCUT2D eigenvalue weighted by molar-refractivity contribution is 0.0374. The van der Waals surface area contributed by atoms with Gasteiger partial charge in [0, 0.05) is 58.1 Å². The normalized spacial score (nSPS) is 19.0. The maximum atomic E-state index is 12.8. The third-order valence-electron chi connectivity index (χ3n) is 5.39. The topological polar surface area (TPSA) is 81.2 Å². The van der Waals surface area contributed by atoms with Crippen LogP contribution in [0, 0.1) is 6.92 Å². The Balaban J connectivity index is 1.53. The Kier molecular flexibility index (Phi) is 8.02. The highest BCUT2D eigenvalue weighted by molar-refractivity contribution is 5.99. The zero-order valence-corrected chi connectivity index (χ0v) is 16.9. The van der Waals surface area contributed by atoms with Gasteiger partial charge in [0.25, 0.3) is 5.91 Å². The van der Waals surface area contributed by atoms with E-state index < -0.39 is 0 Å². The Morgan fingerprint density at radius 2 is 1.82 bits per heavy atom. The van der Waals surface area contributed by atoms with Gasteiger partial charge >= 0.3 is 0 Å². The van der Waals surface area contributed by atoms with Crippen LogP contribution in [-0.4, -0.2) is 105 Å². The summed E-state index contributed by atoms with van der Waals surface area (Å²) < 4.78 is 5.36. The molecule has 0 aliphatic carbocycles. The van der Waals surface area contributed by atoms with Crippen molar-refractivity contribution in [2.75, 3.05) is 83.6 Å². The van der Waals surface area contributed by atoms with Gasteiger partial charge in [0.2, 0.25) is 0 Å². The predicted molar refractivity (Wildman–Crippen MR) is 109 cm³/mol. The summed E-state index contributed by atoms with van der Waals surface area (Å²) in [4.78, 5) is 24.2. The summed E-state index contributed by atoms with van der Waals surface area (Å²) in [5, 5.41) is 12.2. The lowest BCUT2D eigenvalue weighted by Crippen LogP contribution is -2.48. The zero-order chi connectivity index (χ0) is 19.8. The predicted octanol–water partition coefficient (Wildman–Crippen LogP) is -0.0436. The third-order valence-corrected chi connectivity index (χ3v) is 5.39. The molecule has 3 rings (SSSR count). The number of rotatable bonds is 8. The molecule has 1 aromatic heterocycles. The molecule has 2 N–H and O–H groups in total. The van der Waals surface area contributed by atoms with E-state index in [1.807, 2.05) is 19.1 Å². The van der Waals surface area contributed by atoms with Gasteiger partial charge in [-0.05, 0) is 32.0 Å². The minimum Gasteiger partial charge on any atom is -0.395 e. The standard InChI is InChI=1S/C20H33N5O3/c1-17-3-4-18(19(22-17)25-9-7-24(8-10-25)11-14-26)20(27)21-5-2-6-23-12-15-28-16-13-23/h3-4,26H,2,5-16H2,1H3,(H,21,27). The fourth-order valence-electron chi connectivity index (χ4n) is 3.71. The van der Waals surface area contributed by atoms with Crippen molar-refractivity contribution in [2.45, 2.75) is 13.3 Å². The Hall–Kier alpha value is -1.74. The number of ether oxygens (including phenoxy) is 1. The van der Waals surface area contributed by atoms with Crippen molar-refractivity contribution in [1.82, 2.24) is 20.1 Å². The van der Waals surface area contributed by atoms with E-state index >= 15 is 0 Å². The fraction of sp³-hybridized carbons (Fsp3) is 0.700. The summed E-state index contributed by atoms with van der Waals surface area (Å²) >= 11 is 0. The molecule has 0 unspecified atom stereocenters. The van der Waals surface area contributed by atoms with E-state index in [-0.39, 0.29) is 12.5 Å². The number of nitrogens with one attached hydrogen (secondary N) is 1. The summed E-state index contributed by atoms with van der Waals surface area (Å²) in [6, 6.07) is 3.78. The second kappa shape index (κ2) is 10.7. The van der Waals surface area contributed by atoms with Gasteiger partial charge in [-0.3, -0.25) is 14.6 Å². The van der Waals surface area contributed by atoms with E-state index in [9.17, 15) is 4.79 Å². The van der Waals surface area contributed by atoms with Gasteiger partial charge in [-0.1, -0.05) is 0 Å². The first-order valence-corrected chi connectivity index (χ1v) is 10.3. The Morgan fingerprint density at radius 3 is 2.54 bits per heavy atom. The highest BCUT2D eigenvalue weighted by Crippen LogP contribution is 2.20. The number of amides is 1. The second-order valence-corrected chi connectivity index (χ2v) is 7.44. The van der Waals surface area contributed by atoms with Gasteiger partial charge in [-0.2, -0.15) is 0 Å². The molecule has 0 spiro atoms. The largest absolute Gasteiger partial charge is 0.395 e. The van der Waals surface area contributed by atoms with E-state index in [4.69, 9.17) is 9.84 Å². The maximum Gasteiger partial charge on any atom is 0.255 e. The molecule has 3 heterocycles. The van der Waals surface area contributed by atoms with E-state index in [1.54, 1.807) is 0 Å². The van der Waals surface area contributed by atoms with Crippen LogP contribution in [0.1, 0.15) is 22.5 Å². The van der Waals surface area contributed by atoms with Crippen LogP contribution in [0.3, 0.4) is 0 Å². The first-order chi connectivity index (χ1) is 13.7. The van der Waals surface area contributed by atoms with Crippen molar-refractivity contribution in [3.05, 3.63) is 23.4 Å². The molecule has 1 aromatic rings. The van der Waals surface area contributed by atoms with E-state index in [0.29, 0.717) is 18.7 Å². The number of hydrogen-bond acceptors (Lipinski definition) is 7. The number of pyridine rings is 1. The summed E-state index contributed by atoms with van der Waals surface area (Å²) in [5.74, 6) is 0.719. The second-order valence-electron chi connectivity index (χ2n) is 7.44. The SMILES string of the molecule is Cc1ccc(C(=O)NCCCN2CCOCC2)c(N2CCN(CCO)CC2)n1. The molecule has 8 nitrogen and oxygen atoms in total. The number of aliphatic hydroxyl groups excluding tert-OH is 1. The van der Waals surface area contributed by atoms with Crippen LogP contribution in [0.5, 0.6) is 0 Å². The van der Waals surface area contributed by atoms with Crippen LogP contribution in [0.4, 0.5) is 5.82 Å². The number of aromatic nitrogens is 1. The molecule has 8 heteroatoms. The zero-order valence-electron chi connectivity index (χ0n) is 16.9. The lowest BCUT2D eigenvalue weighted by Gasteiger charge is -2.35. The number of anilines is 1. The molecule has 2 fully saturated rings. The Morgan fingerprint density at radius 1 is 1.11 bits per heavy atom. The monoisotopic (exact) mass is 391 g/mol. The van der Waals surface area contributed by atoms with Crippen molar-refractivity contribution in [1.29, 1.82) is 0 Å². The molecule has 2 aliphatic rings. The molecule has 0 radical (unpaired) electrons. The van der Waals surface area contributed by atoms with Crippen molar-refractivity contribution >= 4 is 11.7 Å². The number of morpholine rings is 1. The molecule has 0 bridgehead atoms. The quantitative estimate of drug-likeness (QED) is 0.602. The van der Waals surface area contributed by atoms with Gasteiger partial charge in [0.1, 0.15) is 5.82 Å². The minimum atomic E-state index is -0.0535. The van der Waals surface area contributed by atoms with Crippen LogP contribution < -0.4 is 10.2 Å². The number of hydrogen-bond donors (Lipinski definition) is 2. The lowest BCUT2D eigenvalue weighted by atomic mass is 10.2. The highest BCUT2D eigenvalue weighted by Gasteiger charge is 2.22. The number of β-amino-alcohol motifs (C(OH)–C–C–N with tert-alkyl or cyclic N) is 1. The molecular weight excluding hydrogens is 358 g/mol. The first-order valence-electron chi connectivity index (χ1n) is 10.3. The third kappa shape index (κ3) is 5.88. The Labute approximate surface area is 167 Å². The maximum absolute atomic E-state index is 12.8. The van der Waals surface area contributed by atoms with Gasteiger partial charge < -0.3 is 20.1 Å². The van der Waals surface area contributed by atoms with E-state index in [2.05, 4.69) is 25.0 Å². The van der Waals surface area contributed by atoms with Crippen LogP contribution in [0.25, 0.3) is 0 Å². The fourth-order valence-corrected chi connectivity index (χ4v) is 3.71. The number of aryl methyl sites for hydroxylation is 1.